The van der Waals surface area contributed by atoms with E-state index >= 15 is 0 Å². The topological polar surface area (TPSA) is 47.6 Å². The Bertz CT molecular complexity index is 789. The molecule has 26 heavy (non-hydrogen) atoms. The lowest BCUT2D eigenvalue weighted by molar-refractivity contribution is -0.118. The molecule has 0 aliphatic carbocycles. The van der Waals surface area contributed by atoms with Crippen molar-refractivity contribution >= 4 is 11.6 Å². The Morgan fingerprint density at radius 1 is 1.12 bits per heavy atom. The highest BCUT2D eigenvalue weighted by molar-refractivity contribution is 5.93. The molecule has 1 N–H and O–H groups in total. The molecule has 4 heteroatoms. The molecular formula is C22H27NO3. The molecule has 0 radical (unpaired) electrons. The van der Waals surface area contributed by atoms with Crippen molar-refractivity contribution in [3.05, 3.63) is 53.1 Å². The van der Waals surface area contributed by atoms with Crippen molar-refractivity contribution in [1.82, 2.24) is 0 Å². The molecule has 0 bridgehead atoms. The smallest absolute Gasteiger partial charge is 0.262 e. The van der Waals surface area contributed by atoms with Crippen LogP contribution in [-0.4, -0.2) is 18.1 Å². The zero-order valence-corrected chi connectivity index (χ0v) is 16.0. The van der Waals surface area contributed by atoms with Gasteiger partial charge < -0.3 is 14.8 Å². The Labute approximate surface area is 155 Å². The molecular weight excluding hydrogens is 326 g/mol. The van der Waals surface area contributed by atoms with Crippen molar-refractivity contribution in [2.24, 2.45) is 0 Å². The average Bonchev–Trinajstić information content (AvgIpc) is 2.94. The summed E-state index contributed by atoms with van der Waals surface area (Å²) in [7, 11) is 0. The molecule has 1 aliphatic rings. The Hall–Kier alpha value is -2.49. The quantitative estimate of drug-likeness (QED) is 0.829. The van der Waals surface area contributed by atoms with Gasteiger partial charge in [-0.1, -0.05) is 44.2 Å². The summed E-state index contributed by atoms with van der Waals surface area (Å²) in [6.45, 7) is 8.25. The third kappa shape index (κ3) is 3.85. The Kier molecular flexibility index (Phi) is 5.21. The second-order valence-electron chi connectivity index (χ2n) is 7.28. The van der Waals surface area contributed by atoms with Crippen LogP contribution in [0.3, 0.4) is 0 Å². The Morgan fingerprint density at radius 2 is 1.77 bits per heavy atom. The van der Waals surface area contributed by atoms with Crippen LogP contribution in [0.5, 0.6) is 11.5 Å². The summed E-state index contributed by atoms with van der Waals surface area (Å²) < 4.78 is 11.8. The van der Waals surface area contributed by atoms with Gasteiger partial charge in [-0.25, -0.2) is 0 Å². The van der Waals surface area contributed by atoms with E-state index in [4.69, 9.17) is 9.47 Å². The predicted molar refractivity (Wildman–Crippen MR) is 104 cm³/mol. The van der Waals surface area contributed by atoms with Crippen molar-refractivity contribution in [3.63, 3.8) is 0 Å². The molecule has 2 aromatic carbocycles. The largest absolute Gasteiger partial charge is 0.483 e. The van der Waals surface area contributed by atoms with Crippen LogP contribution >= 0.6 is 0 Å². The summed E-state index contributed by atoms with van der Waals surface area (Å²) in [6.07, 6.45) is 2.59. The number of hydrogen-bond acceptors (Lipinski definition) is 3. The van der Waals surface area contributed by atoms with E-state index in [0.29, 0.717) is 5.75 Å². The van der Waals surface area contributed by atoms with Gasteiger partial charge in [-0.15, -0.1) is 0 Å². The van der Waals surface area contributed by atoms with E-state index in [1.165, 1.54) is 0 Å². The van der Waals surface area contributed by atoms with Gasteiger partial charge in [-0.2, -0.15) is 0 Å². The van der Waals surface area contributed by atoms with Gasteiger partial charge in [0.2, 0.25) is 0 Å². The zero-order chi connectivity index (χ0) is 18.7. The van der Waals surface area contributed by atoms with Crippen LogP contribution in [0.2, 0.25) is 0 Å². The molecule has 138 valence electrons. The van der Waals surface area contributed by atoms with Crippen molar-refractivity contribution in [2.45, 2.75) is 52.6 Å². The molecule has 0 aromatic heterocycles. The van der Waals surface area contributed by atoms with Gasteiger partial charge in [0.15, 0.2) is 18.1 Å². The van der Waals surface area contributed by atoms with E-state index in [1.807, 2.05) is 24.3 Å². The first-order valence-corrected chi connectivity index (χ1v) is 9.28. The maximum atomic E-state index is 12.5. The van der Waals surface area contributed by atoms with Gasteiger partial charge in [0.05, 0.1) is 0 Å². The molecule has 0 fully saturated rings. The number of nitrogens with one attached hydrogen (secondary N) is 1. The lowest BCUT2D eigenvalue weighted by Crippen LogP contribution is -2.25. The molecule has 0 unspecified atom stereocenters. The molecule has 1 aliphatic heterocycles. The van der Waals surface area contributed by atoms with Gasteiger partial charge in [0.25, 0.3) is 5.91 Å². The maximum absolute atomic E-state index is 12.5. The molecule has 0 spiro atoms. The first-order valence-electron chi connectivity index (χ1n) is 9.28. The first kappa shape index (κ1) is 18.3. The monoisotopic (exact) mass is 353 g/mol. The minimum absolute atomic E-state index is 0.0402. The highest BCUT2D eigenvalue weighted by Crippen LogP contribution is 2.41. The van der Waals surface area contributed by atoms with E-state index in [1.54, 1.807) is 0 Å². The molecule has 2 aromatic rings. The fourth-order valence-electron chi connectivity index (χ4n) is 3.42. The number of fused-ring (bicyclic) bond motifs is 1. The fourth-order valence-corrected chi connectivity index (χ4v) is 3.42. The van der Waals surface area contributed by atoms with Gasteiger partial charge in [0, 0.05) is 17.7 Å². The molecule has 3 rings (SSSR count). The number of carbonyl (C=O) groups is 1. The SMILES string of the molecule is CCc1cccc(CC)c1NC(=O)COc1cccc2c1OC(C)(C)C2. The van der Waals surface area contributed by atoms with Crippen molar-refractivity contribution < 1.29 is 14.3 Å². The van der Waals surface area contributed by atoms with Gasteiger partial charge in [-0.3, -0.25) is 4.79 Å². The summed E-state index contributed by atoms with van der Waals surface area (Å²) in [4.78, 5) is 12.5. The average molecular weight is 353 g/mol. The van der Waals surface area contributed by atoms with Crippen LogP contribution in [0.4, 0.5) is 5.69 Å². The lowest BCUT2D eigenvalue weighted by atomic mass is 10.0. The standard InChI is InChI=1S/C22H27NO3/c1-5-15-9-7-10-16(6-2)20(15)23-19(24)14-25-18-12-8-11-17-13-22(3,4)26-21(17)18/h7-12H,5-6,13-14H2,1-4H3,(H,23,24). The van der Waals surface area contributed by atoms with Crippen LogP contribution in [0.15, 0.2) is 36.4 Å². The summed E-state index contributed by atoms with van der Waals surface area (Å²) in [6, 6.07) is 12.0. The van der Waals surface area contributed by atoms with Gasteiger partial charge >= 0.3 is 0 Å². The predicted octanol–water partition coefficient (Wildman–Crippen LogP) is 4.54. The highest BCUT2D eigenvalue weighted by Gasteiger charge is 2.32. The molecule has 0 atom stereocenters. The van der Waals surface area contributed by atoms with E-state index in [0.717, 1.165) is 47.4 Å². The molecule has 0 saturated heterocycles. The third-order valence-corrected chi connectivity index (χ3v) is 4.68. The maximum Gasteiger partial charge on any atom is 0.262 e. The molecule has 4 nitrogen and oxygen atoms in total. The van der Waals surface area contributed by atoms with Gasteiger partial charge in [0.1, 0.15) is 5.60 Å². The van der Waals surface area contributed by atoms with Crippen LogP contribution < -0.4 is 14.8 Å². The number of benzene rings is 2. The number of anilines is 1. The molecule has 1 heterocycles. The number of amides is 1. The minimum atomic E-state index is -0.236. The van der Waals surface area contributed by atoms with Crippen LogP contribution in [0.25, 0.3) is 0 Å². The van der Waals surface area contributed by atoms with Crippen LogP contribution in [-0.2, 0) is 24.1 Å². The van der Waals surface area contributed by atoms with Gasteiger partial charge in [-0.05, 0) is 43.9 Å². The van der Waals surface area contributed by atoms with E-state index in [-0.39, 0.29) is 18.1 Å². The Balaban J connectivity index is 1.70. The van der Waals surface area contributed by atoms with Crippen molar-refractivity contribution in [1.29, 1.82) is 0 Å². The highest BCUT2D eigenvalue weighted by atomic mass is 16.5. The van der Waals surface area contributed by atoms with Crippen LogP contribution in [0.1, 0.15) is 44.4 Å². The minimum Gasteiger partial charge on any atom is -0.483 e. The van der Waals surface area contributed by atoms with E-state index in [2.05, 4.69) is 45.1 Å². The molecule has 0 saturated carbocycles. The number of para-hydroxylation sites is 2. The number of ether oxygens (including phenoxy) is 2. The summed E-state index contributed by atoms with van der Waals surface area (Å²) in [5.41, 5.74) is 4.09. The molecule has 1 amide bonds. The second kappa shape index (κ2) is 7.40. The number of rotatable bonds is 6. The zero-order valence-electron chi connectivity index (χ0n) is 16.0. The van der Waals surface area contributed by atoms with Crippen molar-refractivity contribution in [3.8, 4) is 11.5 Å². The second-order valence-corrected chi connectivity index (χ2v) is 7.28. The van der Waals surface area contributed by atoms with E-state index in [9.17, 15) is 4.79 Å². The summed E-state index contributed by atoms with van der Waals surface area (Å²) in [5, 5.41) is 3.03. The summed E-state index contributed by atoms with van der Waals surface area (Å²) in [5.74, 6) is 1.23. The van der Waals surface area contributed by atoms with E-state index < -0.39 is 0 Å². The fraction of sp³-hybridized carbons (Fsp3) is 0.409. The summed E-state index contributed by atoms with van der Waals surface area (Å²) >= 11 is 0. The number of aryl methyl sites for hydroxylation is 2. The number of hydrogen-bond donors (Lipinski definition) is 1. The third-order valence-electron chi connectivity index (χ3n) is 4.68. The van der Waals surface area contributed by atoms with Crippen molar-refractivity contribution in [2.75, 3.05) is 11.9 Å². The van der Waals surface area contributed by atoms with Crippen LogP contribution in [0, 0.1) is 0 Å². The normalized spacial score (nSPS) is 14.5. The Morgan fingerprint density at radius 3 is 2.42 bits per heavy atom. The number of carbonyl (C=O) groups excluding carboxylic acids is 1. The first-order chi connectivity index (χ1) is 12.4. The lowest BCUT2D eigenvalue weighted by Gasteiger charge is -2.18.